The number of aryl methyl sites for hydroxylation is 1. The fourth-order valence-corrected chi connectivity index (χ4v) is 2.88. The Bertz CT molecular complexity index is 592. The van der Waals surface area contributed by atoms with E-state index in [0.29, 0.717) is 0 Å². The summed E-state index contributed by atoms with van der Waals surface area (Å²) in [7, 11) is 2.12. The van der Waals surface area contributed by atoms with Crippen molar-refractivity contribution in [1.29, 1.82) is 0 Å². The highest BCUT2D eigenvalue weighted by Crippen LogP contribution is 2.26. The van der Waals surface area contributed by atoms with Gasteiger partial charge >= 0.3 is 0 Å². The molecule has 0 saturated heterocycles. The molecule has 23 heavy (non-hydrogen) atoms. The average Bonchev–Trinajstić information content (AvgIpc) is 3.00. The highest BCUT2D eigenvalue weighted by molar-refractivity contribution is 6.17. The maximum absolute atomic E-state index is 5.92. The van der Waals surface area contributed by atoms with E-state index in [0.717, 1.165) is 67.6 Å². The number of likely N-dealkylation sites (N-methyl/N-ethyl adjacent to an activating group) is 1. The standard InChI is InChI=1S/C17H21ClN2O.C2H6/c1-20-11-9-16-15(12-20)19-17(21-16)14-7-5-13(6-8-14)4-2-3-10-18;1-2/h5-8H,2-4,9-12H2,1H3;1-2H3. The molecule has 3 rings (SSSR count). The normalized spacial score (nSPS) is 14.1. The molecule has 0 radical (unpaired) electrons. The van der Waals surface area contributed by atoms with Crippen molar-refractivity contribution in [3.63, 3.8) is 0 Å². The molecule has 0 saturated carbocycles. The van der Waals surface area contributed by atoms with Crippen LogP contribution in [0.1, 0.15) is 43.7 Å². The van der Waals surface area contributed by atoms with Crippen LogP contribution in [0, 0.1) is 0 Å². The minimum Gasteiger partial charge on any atom is -0.441 e. The number of alkyl halides is 1. The topological polar surface area (TPSA) is 29.3 Å². The molecule has 126 valence electrons. The van der Waals surface area contributed by atoms with E-state index in [1.807, 2.05) is 13.8 Å². The first-order valence-electron chi connectivity index (χ1n) is 8.58. The highest BCUT2D eigenvalue weighted by atomic mass is 35.5. The lowest BCUT2D eigenvalue weighted by Gasteiger charge is -2.19. The van der Waals surface area contributed by atoms with Crippen molar-refractivity contribution in [2.45, 2.75) is 46.1 Å². The first-order chi connectivity index (χ1) is 11.3. The quantitative estimate of drug-likeness (QED) is 0.574. The molecule has 1 aromatic heterocycles. The first kappa shape index (κ1) is 18.0. The molecule has 0 spiro atoms. The second-order valence-electron chi connectivity index (χ2n) is 5.72. The lowest BCUT2D eigenvalue weighted by Crippen LogP contribution is -2.25. The van der Waals surface area contributed by atoms with Gasteiger partial charge in [-0.3, -0.25) is 4.90 Å². The average molecular weight is 335 g/mol. The van der Waals surface area contributed by atoms with E-state index in [4.69, 9.17) is 16.0 Å². The van der Waals surface area contributed by atoms with E-state index < -0.39 is 0 Å². The lowest BCUT2D eigenvalue weighted by atomic mass is 10.1. The Kier molecular flexibility index (Phi) is 7.13. The molecule has 0 bridgehead atoms. The van der Waals surface area contributed by atoms with Crippen LogP contribution in [0.3, 0.4) is 0 Å². The molecule has 0 unspecified atom stereocenters. The van der Waals surface area contributed by atoms with E-state index in [9.17, 15) is 0 Å². The summed E-state index contributed by atoms with van der Waals surface area (Å²) in [6, 6.07) is 8.55. The van der Waals surface area contributed by atoms with Crippen LogP contribution in [0.5, 0.6) is 0 Å². The van der Waals surface area contributed by atoms with Crippen LogP contribution in [0.25, 0.3) is 11.5 Å². The van der Waals surface area contributed by atoms with Gasteiger partial charge < -0.3 is 4.42 Å². The summed E-state index contributed by atoms with van der Waals surface area (Å²) in [6.45, 7) is 5.93. The van der Waals surface area contributed by atoms with Gasteiger partial charge in [0.25, 0.3) is 0 Å². The zero-order valence-corrected chi connectivity index (χ0v) is 15.2. The number of unbranched alkanes of at least 4 members (excludes halogenated alkanes) is 1. The van der Waals surface area contributed by atoms with Crippen molar-refractivity contribution >= 4 is 11.6 Å². The first-order valence-corrected chi connectivity index (χ1v) is 9.12. The largest absolute Gasteiger partial charge is 0.441 e. The third kappa shape index (κ3) is 4.82. The third-order valence-electron chi connectivity index (χ3n) is 3.97. The van der Waals surface area contributed by atoms with E-state index in [1.165, 1.54) is 5.56 Å². The molecule has 3 nitrogen and oxygen atoms in total. The lowest BCUT2D eigenvalue weighted by molar-refractivity contribution is 0.292. The SMILES string of the molecule is CC.CN1CCc2oc(-c3ccc(CCCCCl)cc3)nc2C1. The molecule has 0 N–H and O–H groups in total. The Morgan fingerprint density at radius 2 is 1.91 bits per heavy atom. The Hall–Kier alpha value is -1.32. The van der Waals surface area contributed by atoms with Gasteiger partial charge in [-0.05, 0) is 44.0 Å². The number of nitrogens with zero attached hydrogens (tertiary/aromatic N) is 2. The number of hydrogen-bond acceptors (Lipinski definition) is 3. The highest BCUT2D eigenvalue weighted by Gasteiger charge is 2.20. The van der Waals surface area contributed by atoms with Gasteiger partial charge in [-0.15, -0.1) is 11.6 Å². The Morgan fingerprint density at radius 3 is 2.61 bits per heavy atom. The van der Waals surface area contributed by atoms with Crippen LogP contribution in [0.4, 0.5) is 0 Å². The maximum Gasteiger partial charge on any atom is 0.226 e. The Balaban J connectivity index is 0.000000924. The number of halogens is 1. The van der Waals surface area contributed by atoms with Gasteiger partial charge in [-0.2, -0.15) is 0 Å². The summed E-state index contributed by atoms with van der Waals surface area (Å²) in [5.41, 5.74) is 3.50. The van der Waals surface area contributed by atoms with Crippen LogP contribution in [-0.4, -0.2) is 29.4 Å². The summed E-state index contributed by atoms with van der Waals surface area (Å²) >= 11 is 5.71. The zero-order valence-electron chi connectivity index (χ0n) is 14.4. The number of hydrogen-bond donors (Lipinski definition) is 0. The molecule has 0 fully saturated rings. The fourth-order valence-electron chi connectivity index (χ4n) is 2.69. The summed E-state index contributed by atoms with van der Waals surface area (Å²) in [4.78, 5) is 6.92. The van der Waals surface area contributed by atoms with Gasteiger partial charge in [-0.25, -0.2) is 4.98 Å². The van der Waals surface area contributed by atoms with Gasteiger partial charge in [0.2, 0.25) is 5.89 Å². The van der Waals surface area contributed by atoms with E-state index >= 15 is 0 Å². The monoisotopic (exact) mass is 334 g/mol. The molecule has 2 aromatic rings. The van der Waals surface area contributed by atoms with Crippen LogP contribution in [0.15, 0.2) is 28.7 Å². The zero-order chi connectivity index (χ0) is 16.7. The maximum atomic E-state index is 5.92. The van der Waals surface area contributed by atoms with Crippen LogP contribution in [0.2, 0.25) is 0 Å². The predicted molar refractivity (Wildman–Crippen MR) is 97.0 cm³/mol. The van der Waals surface area contributed by atoms with Gasteiger partial charge in [0.05, 0.1) is 5.69 Å². The fraction of sp³-hybridized carbons (Fsp3) is 0.526. The van der Waals surface area contributed by atoms with Crippen molar-refractivity contribution in [1.82, 2.24) is 9.88 Å². The van der Waals surface area contributed by atoms with Crippen LogP contribution >= 0.6 is 11.6 Å². The van der Waals surface area contributed by atoms with Crippen molar-refractivity contribution in [2.75, 3.05) is 19.5 Å². The van der Waals surface area contributed by atoms with Gasteiger partial charge in [-0.1, -0.05) is 26.0 Å². The Labute approximate surface area is 144 Å². The van der Waals surface area contributed by atoms with Crippen LogP contribution < -0.4 is 0 Å². The number of benzene rings is 1. The molecule has 0 atom stereocenters. The van der Waals surface area contributed by atoms with Crippen molar-refractivity contribution in [3.05, 3.63) is 41.3 Å². The molecule has 2 heterocycles. The molecule has 1 aliphatic rings. The molecular weight excluding hydrogens is 308 g/mol. The van der Waals surface area contributed by atoms with Crippen molar-refractivity contribution in [2.24, 2.45) is 0 Å². The summed E-state index contributed by atoms with van der Waals surface area (Å²) in [5, 5.41) is 0. The summed E-state index contributed by atoms with van der Waals surface area (Å²) < 4.78 is 5.92. The minimum atomic E-state index is 0.744. The van der Waals surface area contributed by atoms with E-state index in [-0.39, 0.29) is 0 Å². The van der Waals surface area contributed by atoms with E-state index in [1.54, 1.807) is 0 Å². The van der Waals surface area contributed by atoms with Crippen molar-refractivity contribution in [3.8, 4) is 11.5 Å². The molecule has 1 aromatic carbocycles. The number of fused-ring (bicyclic) bond motifs is 1. The number of aromatic nitrogens is 1. The van der Waals surface area contributed by atoms with Crippen LogP contribution in [-0.2, 0) is 19.4 Å². The molecular formula is C19H27ClN2O. The Morgan fingerprint density at radius 1 is 1.17 bits per heavy atom. The molecule has 4 heteroatoms. The molecule has 0 amide bonds. The van der Waals surface area contributed by atoms with Crippen molar-refractivity contribution < 1.29 is 4.42 Å². The minimum absolute atomic E-state index is 0.744. The van der Waals surface area contributed by atoms with Gasteiger partial charge in [0, 0.05) is 31.0 Å². The summed E-state index contributed by atoms with van der Waals surface area (Å²) in [6.07, 6.45) is 4.25. The number of oxazole rings is 1. The van der Waals surface area contributed by atoms with E-state index in [2.05, 4.69) is 41.2 Å². The second-order valence-corrected chi connectivity index (χ2v) is 6.10. The number of rotatable bonds is 5. The van der Waals surface area contributed by atoms with Gasteiger partial charge in [0.1, 0.15) is 5.76 Å². The smallest absolute Gasteiger partial charge is 0.226 e. The molecule has 1 aliphatic heterocycles. The summed E-state index contributed by atoms with van der Waals surface area (Å²) in [5.74, 6) is 2.55. The molecule has 0 aliphatic carbocycles. The van der Waals surface area contributed by atoms with Gasteiger partial charge in [0.15, 0.2) is 0 Å². The second kappa shape index (κ2) is 9.09. The third-order valence-corrected chi connectivity index (χ3v) is 4.24. The predicted octanol–water partition coefficient (Wildman–Crippen LogP) is 4.92.